The molecule has 1 aromatic rings. The van der Waals surface area contributed by atoms with Gasteiger partial charge in [0.05, 0.1) is 13.2 Å². The number of nitrogens with one attached hydrogen (secondary N) is 1. The maximum atomic E-state index is 11.4. The average Bonchev–Trinajstić information content (AvgIpc) is 3.06. The molecular weight excluding hydrogens is 264 g/mol. The first-order valence-corrected chi connectivity index (χ1v) is 6.47. The summed E-state index contributed by atoms with van der Waals surface area (Å²) in [5.74, 6) is 1.77. The molecule has 2 aliphatic rings. The van der Waals surface area contributed by atoms with E-state index in [9.17, 15) is 9.90 Å². The van der Waals surface area contributed by atoms with Gasteiger partial charge in [0.25, 0.3) is 0 Å². The molecule has 7 heteroatoms. The van der Waals surface area contributed by atoms with E-state index >= 15 is 0 Å². The van der Waals surface area contributed by atoms with Gasteiger partial charge in [-0.2, -0.15) is 0 Å². The lowest BCUT2D eigenvalue weighted by Crippen LogP contribution is -2.31. The zero-order valence-corrected chi connectivity index (χ0v) is 10.9. The quantitative estimate of drug-likeness (QED) is 0.811. The van der Waals surface area contributed by atoms with Crippen LogP contribution < -0.4 is 19.5 Å². The van der Waals surface area contributed by atoms with Crippen LogP contribution in [0.4, 0.5) is 4.79 Å². The molecule has 1 saturated heterocycles. The Morgan fingerprint density at radius 2 is 2.15 bits per heavy atom. The fourth-order valence-electron chi connectivity index (χ4n) is 2.21. The van der Waals surface area contributed by atoms with Crippen LogP contribution in [-0.2, 0) is 6.61 Å². The summed E-state index contributed by atoms with van der Waals surface area (Å²) in [6.45, 7) is 2.26. The molecular formula is C13H16N2O5. The Hall–Kier alpha value is -2.15. The Morgan fingerprint density at radius 3 is 2.85 bits per heavy atom. The van der Waals surface area contributed by atoms with Crippen molar-refractivity contribution in [3.8, 4) is 17.2 Å². The van der Waals surface area contributed by atoms with Gasteiger partial charge in [-0.05, 0) is 6.07 Å². The maximum absolute atomic E-state index is 11.4. The summed E-state index contributed by atoms with van der Waals surface area (Å²) in [4.78, 5) is 13.1. The van der Waals surface area contributed by atoms with Crippen LogP contribution in [0.2, 0.25) is 0 Å². The van der Waals surface area contributed by atoms with Crippen LogP contribution in [0, 0.1) is 0 Å². The zero-order chi connectivity index (χ0) is 13.9. The molecule has 1 aromatic carbocycles. The number of aliphatic hydroxyl groups excluding tert-OH is 1. The van der Waals surface area contributed by atoms with Crippen molar-refractivity contribution in [2.24, 2.45) is 0 Å². The number of hydrogen-bond donors (Lipinski definition) is 2. The fourth-order valence-corrected chi connectivity index (χ4v) is 2.21. The van der Waals surface area contributed by atoms with Crippen molar-refractivity contribution in [2.75, 3.05) is 33.0 Å². The Bertz CT molecular complexity index is 520. The van der Waals surface area contributed by atoms with Crippen LogP contribution in [0.25, 0.3) is 0 Å². The molecule has 108 valence electrons. The first-order valence-electron chi connectivity index (χ1n) is 6.47. The molecule has 3 rings (SSSR count). The predicted octanol–water partition coefficient (Wildman–Crippen LogP) is 0.312. The van der Waals surface area contributed by atoms with Gasteiger partial charge in [-0.25, -0.2) is 4.79 Å². The molecule has 0 radical (unpaired) electrons. The summed E-state index contributed by atoms with van der Waals surface area (Å²) in [5.41, 5.74) is 0.639. The van der Waals surface area contributed by atoms with Crippen molar-refractivity contribution in [1.29, 1.82) is 0 Å². The lowest BCUT2D eigenvalue weighted by molar-refractivity contribution is 0.173. The Kier molecular flexibility index (Phi) is 3.51. The SMILES string of the molecule is O=C1NCCN1CCOc1cc2c(cc1CO)OCO2. The van der Waals surface area contributed by atoms with Crippen molar-refractivity contribution in [3.05, 3.63) is 17.7 Å². The van der Waals surface area contributed by atoms with E-state index in [1.165, 1.54) is 0 Å². The molecule has 1 fully saturated rings. The van der Waals surface area contributed by atoms with Crippen LogP contribution in [0.3, 0.4) is 0 Å². The van der Waals surface area contributed by atoms with Crippen molar-refractivity contribution < 1.29 is 24.1 Å². The maximum Gasteiger partial charge on any atom is 0.317 e. The fraction of sp³-hybridized carbons (Fsp3) is 0.462. The summed E-state index contributed by atoms with van der Waals surface area (Å²) in [6.07, 6.45) is 0. The molecule has 0 spiro atoms. The topological polar surface area (TPSA) is 80.3 Å². The molecule has 2 N–H and O–H groups in total. The smallest absolute Gasteiger partial charge is 0.317 e. The van der Waals surface area contributed by atoms with Crippen molar-refractivity contribution >= 4 is 6.03 Å². The van der Waals surface area contributed by atoms with E-state index < -0.39 is 0 Å². The van der Waals surface area contributed by atoms with Gasteiger partial charge in [0.2, 0.25) is 6.79 Å². The second-order valence-corrected chi connectivity index (χ2v) is 4.54. The number of ether oxygens (including phenoxy) is 3. The molecule has 0 bridgehead atoms. The summed E-state index contributed by atoms with van der Waals surface area (Å²) in [6, 6.07) is 3.35. The zero-order valence-electron chi connectivity index (χ0n) is 10.9. The number of hydrogen-bond acceptors (Lipinski definition) is 5. The number of amides is 2. The van der Waals surface area contributed by atoms with Crippen molar-refractivity contribution in [2.45, 2.75) is 6.61 Å². The summed E-state index contributed by atoms with van der Waals surface area (Å²) >= 11 is 0. The van der Waals surface area contributed by atoms with Crippen LogP contribution >= 0.6 is 0 Å². The van der Waals surface area contributed by atoms with Gasteiger partial charge in [0, 0.05) is 24.7 Å². The normalized spacial score (nSPS) is 16.4. The molecule has 2 amide bonds. The third-order valence-electron chi connectivity index (χ3n) is 3.29. The minimum Gasteiger partial charge on any atom is -0.491 e. The number of urea groups is 1. The van der Waals surface area contributed by atoms with Crippen molar-refractivity contribution in [3.63, 3.8) is 0 Å². The number of nitrogens with zero attached hydrogens (tertiary/aromatic N) is 1. The van der Waals surface area contributed by atoms with Crippen LogP contribution in [0.15, 0.2) is 12.1 Å². The standard InChI is InChI=1S/C13H16N2O5/c16-7-9-5-11-12(20-8-19-11)6-10(9)18-4-3-15-2-1-14-13(15)17/h5-6,16H,1-4,7-8H2,(H,14,17). The van der Waals surface area contributed by atoms with E-state index in [0.717, 1.165) is 0 Å². The highest BCUT2D eigenvalue weighted by Crippen LogP contribution is 2.38. The summed E-state index contributed by atoms with van der Waals surface area (Å²) in [7, 11) is 0. The largest absolute Gasteiger partial charge is 0.491 e. The minimum atomic E-state index is -0.143. The minimum absolute atomic E-state index is 0.0679. The molecule has 20 heavy (non-hydrogen) atoms. The second-order valence-electron chi connectivity index (χ2n) is 4.54. The van der Waals surface area contributed by atoms with E-state index in [1.807, 2.05) is 0 Å². The van der Waals surface area contributed by atoms with E-state index in [4.69, 9.17) is 14.2 Å². The highest BCUT2D eigenvalue weighted by atomic mass is 16.7. The predicted molar refractivity (Wildman–Crippen MR) is 69.0 cm³/mol. The van der Waals surface area contributed by atoms with E-state index in [-0.39, 0.29) is 19.4 Å². The first-order chi connectivity index (χ1) is 9.78. The number of rotatable bonds is 5. The van der Waals surface area contributed by atoms with Gasteiger partial charge in [0.1, 0.15) is 12.4 Å². The molecule has 0 aliphatic carbocycles. The van der Waals surface area contributed by atoms with Gasteiger partial charge in [-0.3, -0.25) is 0 Å². The van der Waals surface area contributed by atoms with Gasteiger partial charge in [-0.15, -0.1) is 0 Å². The number of aliphatic hydroxyl groups is 1. The van der Waals surface area contributed by atoms with Crippen molar-refractivity contribution in [1.82, 2.24) is 10.2 Å². The Morgan fingerprint density at radius 1 is 1.35 bits per heavy atom. The molecule has 0 aromatic heterocycles. The van der Waals surface area contributed by atoms with Crippen LogP contribution in [-0.4, -0.2) is 49.1 Å². The molecule has 7 nitrogen and oxygen atoms in total. The lowest BCUT2D eigenvalue weighted by atomic mass is 10.2. The second kappa shape index (κ2) is 5.46. The van der Waals surface area contributed by atoms with Gasteiger partial charge in [-0.1, -0.05) is 0 Å². The number of fused-ring (bicyclic) bond motifs is 1. The molecule has 0 unspecified atom stereocenters. The first kappa shape index (κ1) is 12.9. The van der Waals surface area contributed by atoms with E-state index in [0.29, 0.717) is 49.1 Å². The monoisotopic (exact) mass is 280 g/mol. The molecule has 2 aliphatic heterocycles. The third kappa shape index (κ3) is 2.44. The lowest BCUT2D eigenvalue weighted by Gasteiger charge is -2.16. The molecule has 0 saturated carbocycles. The Balaban J connectivity index is 1.63. The number of carbonyl (C=O) groups excluding carboxylic acids is 1. The average molecular weight is 280 g/mol. The van der Waals surface area contributed by atoms with Crippen LogP contribution in [0.1, 0.15) is 5.56 Å². The molecule has 0 atom stereocenters. The van der Waals surface area contributed by atoms with E-state index in [2.05, 4.69) is 5.32 Å². The highest BCUT2D eigenvalue weighted by Gasteiger charge is 2.20. The van der Waals surface area contributed by atoms with Gasteiger partial charge >= 0.3 is 6.03 Å². The van der Waals surface area contributed by atoms with Gasteiger partial charge in [0.15, 0.2) is 11.5 Å². The summed E-state index contributed by atoms with van der Waals surface area (Å²) in [5, 5.41) is 12.1. The third-order valence-corrected chi connectivity index (χ3v) is 3.29. The summed E-state index contributed by atoms with van der Waals surface area (Å²) < 4.78 is 16.2. The van der Waals surface area contributed by atoms with Crippen LogP contribution in [0.5, 0.6) is 17.2 Å². The Labute approximate surface area is 116 Å². The van der Waals surface area contributed by atoms with E-state index in [1.54, 1.807) is 17.0 Å². The number of benzene rings is 1. The molecule has 2 heterocycles. The van der Waals surface area contributed by atoms with Gasteiger partial charge < -0.3 is 29.5 Å². The highest BCUT2D eigenvalue weighted by molar-refractivity contribution is 5.76. The number of carbonyl (C=O) groups is 1.